The molecular weight excluding hydrogens is 140 g/mol. The van der Waals surface area contributed by atoms with Crippen molar-refractivity contribution in [3.05, 3.63) is 11.8 Å². The second-order valence-electron chi connectivity index (χ2n) is 3.08. The molecule has 1 aliphatic rings. The first-order valence-electron chi connectivity index (χ1n) is 4.09. The molecule has 0 aromatic heterocycles. The summed E-state index contributed by atoms with van der Waals surface area (Å²) in [5, 5.41) is 0. The molecule has 0 atom stereocenters. The molecule has 0 saturated heterocycles. The lowest BCUT2D eigenvalue weighted by molar-refractivity contribution is -0.122. The molecule has 0 radical (unpaired) electrons. The zero-order valence-electron chi connectivity index (χ0n) is 7.09. The maximum atomic E-state index is 11.3. The van der Waals surface area contributed by atoms with E-state index >= 15 is 0 Å². The highest BCUT2D eigenvalue weighted by atomic mass is 16.5. The van der Waals surface area contributed by atoms with Crippen LogP contribution in [0.15, 0.2) is 11.8 Å². The van der Waals surface area contributed by atoms with Crippen LogP contribution in [0.3, 0.4) is 0 Å². The molecule has 0 unspecified atom stereocenters. The van der Waals surface area contributed by atoms with Crippen LogP contribution in [0.4, 0.5) is 0 Å². The molecule has 1 rings (SSSR count). The first-order chi connectivity index (χ1) is 5.22. The van der Waals surface area contributed by atoms with Crippen LogP contribution in [0.2, 0.25) is 0 Å². The van der Waals surface area contributed by atoms with Gasteiger partial charge in [-0.3, -0.25) is 4.79 Å². The third kappa shape index (κ3) is 2.07. The van der Waals surface area contributed by atoms with E-state index in [1.54, 1.807) is 0 Å². The van der Waals surface area contributed by atoms with Gasteiger partial charge in [0.2, 0.25) is 0 Å². The zero-order valence-corrected chi connectivity index (χ0v) is 7.09. The van der Waals surface area contributed by atoms with Gasteiger partial charge in [0.15, 0.2) is 11.5 Å². The number of hydrogen-bond donors (Lipinski definition) is 0. The monoisotopic (exact) mass is 154 g/mol. The Labute approximate surface area is 67.2 Å². The van der Waals surface area contributed by atoms with Gasteiger partial charge in [-0.1, -0.05) is 13.8 Å². The minimum atomic E-state index is 0.0550. The quantitative estimate of drug-likeness (QED) is 0.607. The molecule has 0 N–H and O–H groups in total. The highest BCUT2D eigenvalue weighted by Gasteiger charge is 2.16. The third-order valence-electron chi connectivity index (χ3n) is 1.70. The molecule has 0 spiro atoms. The Morgan fingerprint density at radius 2 is 2.36 bits per heavy atom. The van der Waals surface area contributed by atoms with E-state index < -0.39 is 0 Å². The van der Waals surface area contributed by atoms with Gasteiger partial charge in [-0.2, -0.15) is 0 Å². The van der Waals surface area contributed by atoms with Crippen molar-refractivity contribution in [3.63, 3.8) is 0 Å². The Morgan fingerprint density at radius 1 is 1.64 bits per heavy atom. The molecule has 0 aromatic rings. The van der Waals surface area contributed by atoms with Crippen molar-refractivity contribution in [2.24, 2.45) is 5.92 Å². The number of carbonyl (C=O) groups excluding carboxylic acids is 1. The predicted octanol–water partition coefficient (Wildman–Crippen LogP) is 1.91. The Hall–Kier alpha value is -0.790. The summed E-state index contributed by atoms with van der Waals surface area (Å²) in [5.74, 6) is 0.760. The number of carbonyl (C=O) groups is 1. The van der Waals surface area contributed by atoms with Crippen LogP contribution in [-0.2, 0) is 9.53 Å². The fourth-order valence-electron chi connectivity index (χ4n) is 1.01. The summed E-state index contributed by atoms with van der Waals surface area (Å²) < 4.78 is 5.21. The topological polar surface area (TPSA) is 26.3 Å². The molecule has 1 heterocycles. The van der Waals surface area contributed by atoms with E-state index in [0.717, 1.165) is 12.8 Å². The number of Topliss-reactive ketones (excluding diaryl/α,β-unsaturated/α-hetero) is 1. The summed E-state index contributed by atoms with van der Waals surface area (Å²) in [6.45, 7) is 4.48. The van der Waals surface area contributed by atoms with Gasteiger partial charge in [0.1, 0.15) is 0 Å². The summed E-state index contributed by atoms with van der Waals surface area (Å²) in [7, 11) is 0. The van der Waals surface area contributed by atoms with Gasteiger partial charge in [-0.25, -0.2) is 0 Å². The maximum Gasteiger partial charge on any atom is 0.199 e. The van der Waals surface area contributed by atoms with E-state index in [1.807, 2.05) is 19.9 Å². The summed E-state index contributed by atoms with van der Waals surface area (Å²) in [6, 6.07) is 0. The van der Waals surface area contributed by atoms with E-state index in [2.05, 4.69) is 0 Å². The van der Waals surface area contributed by atoms with Crippen LogP contribution in [0, 0.1) is 5.92 Å². The summed E-state index contributed by atoms with van der Waals surface area (Å²) in [6.07, 6.45) is 3.91. The van der Waals surface area contributed by atoms with Crippen molar-refractivity contribution in [2.75, 3.05) is 6.61 Å². The van der Waals surface area contributed by atoms with E-state index in [-0.39, 0.29) is 11.7 Å². The second kappa shape index (κ2) is 3.56. The van der Waals surface area contributed by atoms with Gasteiger partial charge in [0, 0.05) is 5.92 Å². The van der Waals surface area contributed by atoms with Gasteiger partial charge in [0.05, 0.1) is 6.61 Å². The van der Waals surface area contributed by atoms with Crippen LogP contribution in [0.1, 0.15) is 26.7 Å². The molecular formula is C9H14O2. The van der Waals surface area contributed by atoms with E-state index in [4.69, 9.17) is 4.74 Å². The summed E-state index contributed by atoms with van der Waals surface area (Å²) in [4.78, 5) is 11.3. The van der Waals surface area contributed by atoms with Crippen LogP contribution in [-0.4, -0.2) is 12.4 Å². The summed E-state index contributed by atoms with van der Waals surface area (Å²) in [5.41, 5.74) is 0. The lowest BCUT2D eigenvalue weighted by atomic mass is 10.1. The van der Waals surface area contributed by atoms with Crippen LogP contribution in [0.5, 0.6) is 0 Å². The average Bonchev–Trinajstić information content (AvgIpc) is 2.05. The maximum absolute atomic E-state index is 11.3. The Kier molecular flexibility index (Phi) is 2.69. The molecule has 0 bridgehead atoms. The Bertz CT molecular complexity index is 180. The minimum Gasteiger partial charge on any atom is -0.490 e. The molecule has 1 aliphatic heterocycles. The van der Waals surface area contributed by atoms with Crippen molar-refractivity contribution >= 4 is 5.78 Å². The van der Waals surface area contributed by atoms with Crippen molar-refractivity contribution in [1.29, 1.82) is 0 Å². The zero-order chi connectivity index (χ0) is 8.27. The number of allylic oxidation sites excluding steroid dienone is 2. The molecule has 0 aromatic carbocycles. The van der Waals surface area contributed by atoms with Crippen molar-refractivity contribution in [3.8, 4) is 0 Å². The van der Waals surface area contributed by atoms with Crippen molar-refractivity contribution in [2.45, 2.75) is 26.7 Å². The summed E-state index contributed by atoms with van der Waals surface area (Å²) >= 11 is 0. The standard InChI is InChI=1S/C9H14O2/c1-7(2)9(10)8-5-3-4-6-11-8/h5,7H,3-4,6H2,1-2H3. The van der Waals surface area contributed by atoms with E-state index in [0.29, 0.717) is 12.4 Å². The first-order valence-corrected chi connectivity index (χ1v) is 4.09. The smallest absolute Gasteiger partial charge is 0.199 e. The normalized spacial score (nSPS) is 17.5. The van der Waals surface area contributed by atoms with E-state index in [9.17, 15) is 4.79 Å². The van der Waals surface area contributed by atoms with Gasteiger partial charge < -0.3 is 4.74 Å². The van der Waals surface area contributed by atoms with Gasteiger partial charge in [0.25, 0.3) is 0 Å². The van der Waals surface area contributed by atoms with Gasteiger partial charge in [-0.15, -0.1) is 0 Å². The second-order valence-corrected chi connectivity index (χ2v) is 3.08. The lowest BCUT2D eigenvalue weighted by Crippen LogP contribution is -2.15. The molecule has 0 fully saturated rings. The Balaban J connectivity index is 2.58. The minimum absolute atomic E-state index is 0.0550. The van der Waals surface area contributed by atoms with Crippen LogP contribution < -0.4 is 0 Å². The molecule has 0 saturated carbocycles. The number of ketones is 1. The number of hydrogen-bond acceptors (Lipinski definition) is 2. The van der Waals surface area contributed by atoms with Crippen molar-refractivity contribution < 1.29 is 9.53 Å². The van der Waals surface area contributed by atoms with Crippen molar-refractivity contribution in [1.82, 2.24) is 0 Å². The van der Waals surface area contributed by atoms with Crippen LogP contribution >= 0.6 is 0 Å². The highest BCUT2D eigenvalue weighted by Crippen LogP contribution is 2.14. The fourth-order valence-corrected chi connectivity index (χ4v) is 1.01. The average molecular weight is 154 g/mol. The lowest BCUT2D eigenvalue weighted by Gasteiger charge is -2.14. The fraction of sp³-hybridized carbons (Fsp3) is 0.667. The highest BCUT2D eigenvalue weighted by molar-refractivity contribution is 5.94. The van der Waals surface area contributed by atoms with Gasteiger partial charge in [-0.05, 0) is 18.9 Å². The molecule has 2 nitrogen and oxygen atoms in total. The molecule has 0 amide bonds. The first kappa shape index (κ1) is 8.31. The van der Waals surface area contributed by atoms with Crippen LogP contribution in [0.25, 0.3) is 0 Å². The third-order valence-corrected chi connectivity index (χ3v) is 1.70. The SMILES string of the molecule is CC(C)C(=O)C1=CCCCO1. The molecule has 0 aliphatic carbocycles. The molecule has 62 valence electrons. The van der Waals surface area contributed by atoms with E-state index in [1.165, 1.54) is 0 Å². The molecule has 11 heavy (non-hydrogen) atoms. The number of ether oxygens (including phenoxy) is 1. The largest absolute Gasteiger partial charge is 0.490 e. The number of rotatable bonds is 2. The van der Waals surface area contributed by atoms with Gasteiger partial charge >= 0.3 is 0 Å². The Morgan fingerprint density at radius 3 is 2.82 bits per heavy atom. The predicted molar refractivity (Wildman–Crippen MR) is 43.1 cm³/mol. The molecule has 2 heteroatoms.